The maximum atomic E-state index is 14.0. The molecule has 2 atom stereocenters. The Balaban J connectivity index is 1.62. The van der Waals surface area contributed by atoms with Gasteiger partial charge in [0.25, 0.3) is 0 Å². The molecule has 4 rings (SSSR count). The molecule has 0 saturated carbocycles. The van der Waals surface area contributed by atoms with Gasteiger partial charge in [0.1, 0.15) is 12.1 Å². The molecule has 3 aromatic rings. The second kappa shape index (κ2) is 12.5. The molecule has 2 N–H and O–H groups in total. The lowest BCUT2D eigenvalue weighted by Gasteiger charge is -2.34. The Morgan fingerprint density at radius 2 is 1.53 bits per heavy atom. The fourth-order valence-electron chi connectivity index (χ4n) is 4.71. The van der Waals surface area contributed by atoms with Crippen molar-refractivity contribution in [3.63, 3.8) is 0 Å². The summed E-state index contributed by atoms with van der Waals surface area (Å²) in [4.78, 5) is 43.1. The van der Waals surface area contributed by atoms with Crippen molar-refractivity contribution in [3.05, 3.63) is 96.1 Å². The van der Waals surface area contributed by atoms with Crippen molar-refractivity contribution in [2.75, 3.05) is 34.2 Å². The van der Waals surface area contributed by atoms with E-state index in [-0.39, 0.29) is 17.7 Å². The predicted molar refractivity (Wildman–Crippen MR) is 150 cm³/mol. The van der Waals surface area contributed by atoms with E-state index in [1.54, 1.807) is 27.2 Å². The number of nitrogens with one attached hydrogen (secondary N) is 2. The summed E-state index contributed by atoms with van der Waals surface area (Å²) in [6, 6.07) is 22.3. The van der Waals surface area contributed by atoms with Crippen molar-refractivity contribution in [1.29, 1.82) is 0 Å². The van der Waals surface area contributed by atoms with Gasteiger partial charge in [-0.05, 0) is 28.0 Å². The van der Waals surface area contributed by atoms with E-state index in [1.165, 1.54) is 9.80 Å². The highest BCUT2D eigenvalue weighted by Gasteiger charge is 2.34. The summed E-state index contributed by atoms with van der Waals surface area (Å²) in [6.07, 6.45) is 4.17. The van der Waals surface area contributed by atoms with E-state index in [0.717, 1.165) is 35.0 Å². The van der Waals surface area contributed by atoms with Gasteiger partial charge in [0.2, 0.25) is 17.7 Å². The van der Waals surface area contributed by atoms with Crippen LogP contribution >= 0.6 is 0 Å². The third-order valence-corrected chi connectivity index (χ3v) is 7.30. The molecule has 0 aromatic heterocycles. The second-order valence-electron chi connectivity index (χ2n) is 9.90. The van der Waals surface area contributed by atoms with Crippen LogP contribution < -0.4 is 10.6 Å². The SMILES string of the molecule is CNC(=O)[C@@H](Cc1ccccc1)N(C)C(=O)[C@@H](Cc1ccc2ccccc2c1)N(C)C(=O)/C=C/C1CNC1. The van der Waals surface area contributed by atoms with E-state index in [1.807, 2.05) is 72.8 Å². The van der Waals surface area contributed by atoms with Gasteiger partial charge in [-0.2, -0.15) is 0 Å². The molecule has 1 heterocycles. The molecular weight excluding hydrogens is 476 g/mol. The standard InChI is InChI=1S/C31H36N4O3/c1-32-30(37)27(18-22-9-5-4-6-10-22)35(3)31(38)28(34(2)29(36)16-14-24-20-33-21-24)19-23-13-15-25-11-7-8-12-26(25)17-23/h4-17,24,27-28,33H,18-21H2,1-3H3,(H,32,37)/b16-14+/t27-,28-/m1/s1. The molecule has 1 saturated heterocycles. The molecule has 1 aliphatic heterocycles. The summed E-state index contributed by atoms with van der Waals surface area (Å²) in [6.45, 7) is 1.70. The van der Waals surface area contributed by atoms with E-state index in [2.05, 4.69) is 16.7 Å². The maximum absolute atomic E-state index is 14.0. The van der Waals surface area contributed by atoms with Gasteiger partial charge in [-0.3, -0.25) is 14.4 Å². The highest BCUT2D eigenvalue weighted by atomic mass is 16.2. The van der Waals surface area contributed by atoms with Crippen molar-refractivity contribution in [2.24, 2.45) is 5.92 Å². The lowest BCUT2D eigenvalue weighted by molar-refractivity contribution is -0.146. The van der Waals surface area contributed by atoms with Gasteiger partial charge in [-0.25, -0.2) is 0 Å². The topological polar surface area (TPSA) is 81.8 Å². The number of amides is 3. The van der Waals surface area contributed by atoms with Crippen LogP contribution in [0.2, 0.25) is 0 Å². The fourth-order valence-corrected chi connectivity index (χ4v) is 4.71. The van der Waals surface area contributed by atoms with Gasteiger partial charge in [0, 0.05) is 53.0 Å². The fraction of sp³-hybridized carbons (Fsp3) is 0.323. The van der Waals surface area contributed by atoms with E-state index in [9.17, 15) is 14.4 Å². The largest absolute Gasteiger partial charge is 0.357 e. The Morgan fingerprint density at radius 1 is 0.868 bits per heavy atom. The molecule has 0 radical (unpaired) electrons. The molecule has 1 fully saturated rings. The van der Waals surface area contributed by atoms with Gasteiger partial charge in [-0.15, -0.1) is 0 Å². The molecule has 7 heteroatoms. The highest BCUT2D eigenvalue weighted by molar-refractivity contribution is 5.95. The number of carbonyl (C=O) groups is 3. The van der Waals surface area contributed by atoms with Crippen LogP contribution in [0.1, 0.15) is 11.1 Å². The molecule has 0 bridgehead atoms. The minimum Gasteiger partial charge on any atom is -0.357 e. The van der Waals surface area contributed by atoms with Crippen LogP contribution in [-0.4, -0.2) is 73.8 Å². The van der Waals surface area contributed by atoms with E-state index in [0.29, 0.717) is 18.8 Å². The summed E-state index contributed by atoms with van der Waals surface area (Å²) in [5.41, 5.74) is 1.90. The molecule has 7 nitrogen and oxygen atoms in total. The number of hydrogen-bond donors (Lipinski definition) is 2. The second-order valence-corrected chi connectivity index (χ2v) is 9.90. The van der Waals surface area contributed by atoms with Crippen molar-refractivity contribution in [3.8, 4) is 0 Å². The molecule has 0 spiro atoms. The number of likely N-dealkylation sites (N-methyl/N-ethyl adjacent to an activating group) is 3. The average Bonchev–Trinajstić information content (AvgIpc) is 2.92. The zero-order valence-electron chi connectivity index (χ0n) is 22.3. The minimum absolute atomic E-state index is 0.232. The van der Waals surface area contributed by atoms with Crippen molar-refractivity contribution in [2.45, 2.75) is 24.9 Å². The lowest BCUT2D eigenvalue weighted by atomic mass is 9.98. The van der Waals surface area contributed by atoms with E-state index in [4.69, 9.17) is 0 Å². The first kappa shape index (κ1) is 27.1. The Morgan fingerprint density at radius 3 is 2.18 bits per heavy atom. The molecule has 3 amide bonds. The minimum atomic E-state index is -0.777. The van der Waals surface area contributed by atoms with Crippen LogP contribution in [0.3, 0.4) is 0 Å². The van der Waals surface area contributed by atoms with Gasteiger partial charge < -0.3 is 20.4 Å². The summed E-state index contributed by atoms with van der Waals surface area (Å²) >= 11 is 0. The van der Waals surface area contributed by atoms with Crippen LogP contribution in [0.4, 0.5) is 0 Å². The molecule has 198 valence electrons. The number of fused-ring (bicyclic) bond motifs is 1. The van der Waals surface area contributed by atoms with Gasteiger partial charge >= 0.3 is 0 Å². The Hall–Kier alpha value is -3.97. The number of nitrogens with zero attached hydrogens (tertiary/aromatic N) is 2. The van der Waals surface area contributed by atoms with Crippen LogP contribution in [-0.2, 0) is 27.2 Å². The molecule has 0 unspecified atom stereocenters. The van der Waals surface area contributed by atoms with E-state index >= 15 is 0 Å². The van der Waals surface area contributed by atoms with Gasteiger partial charge in [0.15, 0.2) is 0 Å². The van der Waals surface area contributed by atoms with Crippen LogP contribution in [0.5, 0.6) is 0 Å². The molecule has 38 heavy (non-hydrogen) atoms. The summed E-state index contributed by atoms with van der Waals surface area (Å²) in [5.74, 6) is -0.435. The zero-order chi connectivity index (χ0) is 27.1. The first-order valence-corrected chi connectivity index (χ1v) is 13.0. The lowest BCUT2D eigenvalue weighted by Crippen LogP contribution is -2.55. The highest BCUT2D eigenvalue weighted by Crippen LogP contribution is 2.20. The quantitative estimate of drug-likeness (QED) is 0.410. The van der Waals surface area contributed by atoms with Crippen LogP contribution in [0.15, 0.2) is 84.9 Å². The van der Waals surface area contributed by atoms with Crippen LogP contribution in [0.25, 0.3) is 10.8 Å². The predicted octanol–water partition coefficient (Wildman–Crippen LogP) is 2.80. The molecule has 1 aliphatic rings. The van der Waals surface area contributed by atoms with Crippen LogP contribution in [0, 0.1) is 5.92 Å². The molecular formula is C31H36N4O3. The number of hydrogen-bond acceptors (Lipinski definition) is 4. The van der Waals surface area contributed by atoms with Crippen molar-refractivity contribution >= 4 is 28.5 Å². The van der Waals surface area contributed by atoms with Gasteiger partial charge in [-0.1, -0.05) is 78.9 Å². The molecule has 0 aliphatic carbocycles. The summed E-state index contributed by atoms with van der Waals surface area (Å²) < 4.78 is 0. The third-order valence-electron chi connectivity index (χ3n) is 7.30. The monoisotopic (exact) mass is 512 g/mol. The molecule has 3 aromatic carbocycles. The van der Waals surface area contributed by atoms with Gasteiger partial charge in [0.05, 0.1) is 0 Å². The first-order chi connectivity index (χ1) is 18.4. The Kier molecular flexibility index (Phi) is 8.92. The zero-order valence-corrected chi connectivity index (χ0v) is 22.3. The number of rotatable bonds is 10. The summed E-state index contributed by atoms with van der Waals surface area (Å²) in [7, 11) is 4.88. The number of benzene rings is 3. The Labute approximate surface area is 224 Å². The Bertz CT molecular complexity index is 1300. The third kappa shape index (κ3) is 6.47. The number of carbonyl (C=O) groups excluding carboxylic acids is 3. The average molecular weight is 513 g/mol. The van der Waals surface area contributed by atoms with E-state index < -0.39 is 12.1 Å². The first-order valence-electron chi connectivity index (χ1n) is 13.0. The summed E-state index contributed by atoms with van der Waals surface area (Å²) in [5, 5.41) is 8.07. The van der Waals surface area contributed by atoms with Crippen molar-refractivity contribution in [1.82, 2.24) is 20.4 Å². The smallest absolute Gasteiger partial charge is 0.246 e. The maximum Gasteiger partial charge on any atom is 0.246 e. The van der Waals surface area contributed by atoms with Crippen molar-refractivity contribution < 1.29 is 14.4 Å². The normalized spacial score (nSPS) is 15.0.